The number of rotatable bonds is 11. The molecule has 0 aliphatic heterocycles. The molecule has 0 spiro atoms. The Labute approximate surface area is 226 Å². The van der Waals surface area contributed by atoms with E-state index in [2.05, 4.69) is 15.5 Å². The number of thioether (sulfide) groups is 1. The quantitative estimate of drug-likeness (QED) is 0.235. The van der Waals surface area contributed by atoms with Crippen LogP contribution in [0.2, 0.25) is 5.02 Å². The molecule has 4 rings (SSSR count). The molecule has 4 aromatic rings. The number of nitrogens with two attached hydrogens (primary N) is 1. The predicted octanol–water partition coefficient (Wildman–Crippen LogP) is 2.66. The van der Waals surface area contributed by atoms with Crippen LogP contribution in [-0.2, 0) is 31.4 Å². The van der Waals surface area contributed by atoms with E-state index in [0.29, 0.717) is 62.3 Å². The Bertz CT molecular complexity index is 1440. The minimum absolute atomic E-state index is 0.0409. The van der Waals surface area contributed by atoms with Crippen LogP contribution in [0.3, 0.4) is 0 Å². The highest BCUT2D eigenvalue weighted by Crippen LogP contribution is 2.24. The van der Waals surface area contributed by atoms with Gasteiger partial charge in [0.2, 0.25) is 16.8 Å². The first-order chi connectivity index (χ1) is 17.7. The number of pyridine rings is 1. The van der Waals surface area contributed by atoms with E-state index in [1.54, 1.807) is 36.0 Å². The van der Waals surface area contributed by atoms with Crippen LogP contribution in [0.1, 0.15) is 16.9 Å². The normalized spacial score (nSPS) is 12.4. The molecule has 3 heterocycles. The highest BCUT2D eigenvalue weighted by Gasteiger charge is 2.17. The molecule has 1 atom stereocenters. The maximum atomic E-state index is 13.1. The number of hydrogen-bond donors (Lipinski definition) is 3. The molecule has 1 amide bonds. The van der Waals surface area contributed by atoms with Crippen LogP contribution in [0, 0.1) is 0 Å². The molecule has 0 saturated heterocycles. The van der Waals surface area contributed by atoms with Crippen molar-refractivity contribution in [1.29, 1.82) is 0 Å². The fourth-order valence-electron chi connectivity index (χ4n) is 3.81. The number of nitrogens with one attached hydrogen (secondary N) is 1. The molecule has 0 aliphatic rings. The predicted molar refractivity (Wildman–Crippen MR) is 146 cm³/mol. The number of hydrogen-bond acceptors (Lipinski definition) is 10. The molecule has 0 saturated carbocycles. The summed E-state index contributed by atoms with van der Waals surface area (Å²) < 4.78 is 8.35. The summed E-state index contributed by atoms with van der Waals surface area (Å²) in [5, 5.41) is 22.3. The van der Waals surface area contributed by atoms with E-state index in [1.165, 1.54) is 23.1 Å². The number of aromatic nitrogens is 3. The second-order valence-electron chi connectivity index (χ2n) is 8.67. The van der Waals surface area contributed by atoms with Gasteiger partial charge in [-0.25, -0.2) is 0 Å². The summed E-state index contributed by atoms with van der Waals surface area (Å²) in [6.45, 7) is 1.14. The number of aliphatic hydroxyl groups is 1. The molecule has 0 fully saturated rings. The molecular formula is C24H27ClN6O4S2. The van der Waals surface area contributed by atoms with Crippen molar-refractivity contribution >= 4 is 56.8 Å². The van der Waals surface area contributed by atoms with Crippen molar-refractivity contribution in [2.45, 2.75) is 30.0 Å². The molecule has 4 N–H and O–H groups in total. The summed E-state index contributed by atoms with van der Waals surface area (Å²) in [5.74, 6) is 0.784. The Hall–Kier alpha value is -2.90. The number of anilines is 1. The maximum Gasteiger partial charge on any atom is 0.224 e. The zero-order valence-electron chi connectivity index (χ0n) is 20.3. The van der Waals surface area contributed by atoms with Crippen LogP contribution in [0.4, 0.5) is 5.13 Å². The third kappa shape index (κ3) is 7.33. The topological polar surface area (TPSA) is 140 Å². The fourth-order valence-corrected chi connectivity index (χ4v) is 5.51. The van der Waals surface area contributed by atoms with E-state index in [-0.39, 0.29) is 17.8 Å². The van der Waals surface area contributed by atoms with Crippen LogP contribution >= 0.6 is 34.7 Å². The Kier molecular flexibility index (Phi) is 8.87. The van der Waals surface area contributed by atoms with Crippen molar-refractivity contribution in [2.75, 3.05) is 25.1 Å². The smallest absolute Gasteiger partial charge is 0.224 e. The number of aliphatic hydroxyl groups excluding tert-OH is 1. The van der Waals surface area contributed by atoms with Gasteiger partial charge in [0, 0.05) is 42.7 Å². The van der Waals surface area contributed by atoms with Gasteiger partial charge in [-0.15, -0.1) is 10.2 Å². The van der Waals surface area contributed by atoms with Gasteiger partial charge in [0.1, 0.15) is 5.76 Å². The molecule has 0 bridgehead atoms. The molecule has 1 unspecified atom stereocenters. The van der Waals surface area contributed by atoms with E-state index >= 15 is 0 Å². The number of fused-ring (bicyclic) bond motifs is 1. The Morgan fingerprint density at radius 2 is 2.11 bits per heavy atom. The second-order valence-corrected chi connectivity index (χ2v) is 11.4. The molecule has 0 radical (unpaired) electrons. The largest absolute Gasteiger partial charge is 0.443 e. The molecule has 196 valence electrons. The van der Waals surface area contributed by atoms with Crippen molar-refractivity contribution < 1.29 is 14.3 Å². The summed E-state index contributed by atoms with van der Waals surface area (Å²) in [6.07, 6.45) is 0.986. The lowest BCUT2D eigenvalue weighted by Crippen LogP contribution is -2.30. The number of likely N-dealkylation sites (N-methyl/N-ethyl adjacent to an activating group) is 1. The average molecular weight is 563 g/mol. The van der Waals surface area contributed by atoms with Crippen molar-refractivity contribution in [1.82, 2.24) is 25.0 Å². The third-order valence-electron chi connectivity index (χ3n) is 5.49. The summed E-state index contributed by atoms with van der Waals surface area (Å²) in [6, 6.07) is 8.90. The van der Waals surface area contributed by atoms with Crippen LogP contribution in [0.5, 0.6) is 0 Å². The first-order valence-electron chi connectivity index (χ1n) is 11.4. The van der Waals surface area contributed by atoms with Gasteiger partial charge in [0.15, 0.2) is 9.77 Å². The van der Waals surface area contributed by atoms with E-state index < -0.39 is 6.10 Å². The lowest BCUT2D eigenvalue weighted by Gasteiger charge is -2.18. The molecule has 37 heavy (non-hydrogen) atoms. The maximum absolute atomic E-state index is 13.1. The molecule has 0 aliphatic carbocycles. The van der Waals surface area contributed by atoms with Gasteiger partial charge in [0.05, 0.1) is 24.5 Å². The van der Waals surface area contributed by atoms with Gasteiger partial charge >= 0.3 is 0 Å². The Morgan fingerprint density at radius 1 is 1.35 bits per heavy atom. The summed E-state index contributed by atoms with van der Waals surface area (Å²) >= 11 is 8.57. The van der Waals surface area contributed by atoms with E-state index in [1.807, 2.05) is 24.1 Å². The van der Waals surface area contributed by atoms with Crippen LogP contribution < -0.4 is 16.5 Å². The number of furan rings is 1. The highest BCUT2D eigenvalue weighted by molar-refractivity contribution is 8.01. The number of carbonyl (C=O) groups is 1. The number of carbonyl (C=O) groups excluding carboxylic acids is 1. The molecule has 3 aromatic heterocycles. The SMILES string of the molecule is CN(Cc1cc2c(=O)c(CC(=O)NCc3ccc(Cl)cc3)cn(C)c2o1)CC(O)CSc1nnc(N)s1. The Balaban J connectivity index is 1.35. The lowest BCUT2D eigenvalue weighted by molar-refractivity contribution is -0.120. The highest BCUT2D eigenvalue weighted by atomic mass is 35.5. The Morgan fingerprint density at radius 3 is 2.81 bits per heavy atom. The lowest BCUT2D eigenvalue weighted by atomic mass is 10.1. The van der Waals surface area contributed by atoms with Gasteiger partial charge in [-0.3, -0.25) is 14.5 Å². The first kappa shape index (κ1) is 27.1. The van der Waals surface area contributed by atoms with Gasteiger partial charge < -0.3 is 25.1 Å². The number of benzene rings is 1. The number of nitrogen functional groups attached to an aromatic ring is 1. The number of amides is 1. The molecule has 10 nitrogen and oxygen atoms in total. The van der Waals surface area contributed by atoms with Gasteiger partial charge in [-0.1, -0.05) is 46.8 Å². The van der Waals surface area contributed by atoms with Gasteiger partial charge in [-0.05, 0) is 30.8 Å². The van der Waals surface area contributed by atoms with Crippen molar-refractivity contribution in [2.24, 2.45) is 7.05 Å². The minimum Gasteiger partial charge on any atom is -0.443 e. The summed E-state index contributed by atoms with van der Waals surface area (Å²) in [7, 11) is 3.63. The van der Waals surface area contributed by atoms with Crippen molar-refractivity contribution in [3.05, 3.63) is 68.7 Å². The summed E-state index contributed by atoms with van der Waals surface area (Å²) in [4.78, 5) is 27.5. The molecule has 1 aromatic carbocycles. The summed E-state index contributed by atoms with van der Waals surface area (Å²) in [5.41, 5.74) is 7.08. The first-order valence-corrected chi connectivity index (χ1v) is 13.6. The standard InChI is InChI=1S/C24H27ClN6O4S2/c1-30(11-17(32)13-36-24-29-28-23(26)37-24)12-18-8-19-21(34)15(10-31(2)22(19)35-18)7-20(33)27-9-14-3-5-16(25)6-4-14/h3-6,8,10,17,32H,7,9,11-13H2,1-2H3,(H2,26,28)(H,27,33). The second kappa shape index (κ2) is 12.1. The van der Waals surface area contributed by atoms with Crippen LogP contribution in [-0.4, -0.2) is 56.1 Å². The number of nitrogens with zero attached hydrogens (tertiary/aromatic N) is 4. The minimum atomic E-state index is -0.603. The molecular weight excluding hydrogens is 536 g/mol. The fraction of sp³-hybridized carbons (Fsp3) is 0.333. The van der Waals surface area contributed by atoms with E-state index in [0.717, 1.165) is 5.56 Å². The average Bonchev–Trinajstić information content (AvgIpc) is 3.47. The van der Waals surface area contributed by atoms with Crippen LogP contribution in [0.15, 0.2) is 50.1 Å². The molecule has 13 heteroatoms. The number of aryl methyl sites for hydroxylation is 1. The van der Waals surface area contributed by atoms with Crippen molar-refractivity contribution in [3.8, 4) is 0 Å². The third-order valence-corrected chi connectivity index (χ3v) is 7.78. The van der Waals surface area contributed by atoms with Gasteiger partial charge in [-0.2, -0.15) is 0 Å². The van der Waals surface area contributed by atoms with E-state index in [4.69, 9.17) is 21.8 Å². The zero-order chi connectivity index (χ0) is 26.5. The monoisotopic (exact) mass is 562 g/mol. The number of halogens is 1. The van der Waals surface area contributed by atoms with Crippen LogP contribution in [0.25, 0.3) is 11.1 Å². The van der Waals surface area contributed by atoms with E-state index in [9.17, 15) is 14.7 Å². The van der Waals surface area contributed by atoms with Crippen molar-refractivity contribution in [3.63, 3.8) is 0 Å². The zero-order valence-corrected chi connectivity index (χ0v) is 22.7. The van der Waals surface area contributed by atoms with Gasteiger partial charge in [0.25, 0.3) is 0 Å².